The standard InChI is InChI=1S/C29H37FN6O6S/c1-7-34(8-2)35(25(28(37)38)17-21-9-13-23(14-10-21)42-29(39)33(5)6)27-26(18-31-19-32-27)36(20(3)4)43(40,41)24-15-11-22(30)12-16-24/h9-16,18-20,25H,7-8,17H2,1-6H3,(H,37,38). The number of hydrogen-bond acceptors (Lipinski definition) is 9. The number of amides is 1. The maximum Gasteiger partial charge on any atom is 0.414 e. The fourth-order valence-corrected chi connectivity index (χ4v) is 6.10. The zero-order valence-electron chi connectivity index (χ0n) is 25.0. The lowest BCUT2D eigenvalue weighted by Crippen LogP contribution is -2.54. The van der Waals surface area contributed by atoms with E-state index < -0.39 is 40.0 Å². The topological polar surface area (TPSA) is 136 Å². The van der Waals surface area contributed by atoms with Gasteiger partial charge in [0, 0.05) is 39.6 Å². The van der Waals surface area contributed by atoms with Gasteiger partial charge in [-0.15, -0.1) is 0 Å². The highest BCUT2D eigenvalue weighted by atomic mass is 32.2. The molecule has 0 spiro atoms. The van der Waals surface area contributed by atoms with E-state index in [1.165, 1.54) is 34.6 Å². The fraction of sp³-hybridized carbons (Fsp3) is 0.379. The molecule has 2 aromatic carbocycles. The van der Waals surface area contributed by atoms with Gasteiger partial charge in [0.1, 0.15) is 29.6 Å². The summed E-state index contributed by atoms with van der Waals surface area (Å²) in [5.74, 6) is -1.38. The number of rotatable bonds is 13. The van der Waals surface area contributed by atoms with Crippen LogP contribution in [0.4, 0.5) is 20.7 Å². The number of anilines is 2. The first kappa shape index (κ1) is 33.2. The predicted octanol–water partition coefficient (Wildman–Crippen LogP) is 4.04. The number of ether oxygens (including phenoxy) is 1. The van der Waals surface area contributed by atoms with Gasteiger partial charge >= 0.3 is 12.1 Å². The Bertz CT molecular complexity index is 1500. The van der Waals surface area contributed by atoms with Gasteiger partial charge in [-0.3, -0.25) is 9.31 Å². The molecule has 1 unspecified atom stereocenters. The number of carbonyl (C=O) groups is 2. The van der Waals surface area contributed by atoms with E-state index in [1.807, 2.05) is 13.8 Å². The molecule has 0 saturated carbocycles. The smallest absolute Gasteiger partial charge is 0.414 e. The molecule has 0 radical (unpaired) electrons. The summed E-state index contributed by atoms with van der Waals surface area (Å²) in [5, 5.41) is 13.7. The quantitative estimate of drug-likeness (QED) is 0.280. The molecule has 0 aliphatic carbocycles. The molecule has 0 bridgehead atoms. The Morgan fingerprint density at radius 3 is 2.12 bits per heavy atom. The molecular formula is C29H37FN6O6S. The highest BCUT2D eigenvalue weighted by molar-refractivity contribution is 7.92. The molecule has 1 atom stereocenters. The monoisotopic (exact) mass is 616 g/mol. The van der Waals surface area contributed by atoms with Gasteiger partial charge in [-0.2, -0.15) is 0 Å². The Morgan fingerprint density at radius 1 is 1.00 bits per heavy atom. The second kappa shape index (κ2) is 14.2. The van der Waals surface area contributed by atoms with Gasteiger partial charge in [-0.25, -0.2) is 37.4 Å². The number of nitrogens with zero attached hydrogens (tertiary/aromatic N) is 6. The molecule has 232 valence electrons. The Labute approximate surface area is 251 Å². The third-order valence-electron chi connectivity index (χ3n) is 6.50. The van der Waals surface area contributed by atoms with Crippen LogP contribution in [0.15, 0.2) is 66.0 Å². The molecule has 3 aromatic rings. The highest BCUT2D eigenvalue weighted by Gasteiger charge is 2.37. The van der Waals surface area contributed by atoms with Crippen molar-refractivity contribution in [3.63, 3.8) is 0 Å². The number of carbonyl (C=O) groups excluding carboxylic acids is 1. The molecule has 1 N–H and O–H groups in total. The summed E-state index contributed by atoms with van der Waals surface area (Å²) in [6, 6.07) is 9.07. The Balaban J connectivity index is 2.12. The summed E-state index contributed by atoms with van der Waals surface area (Å²) in [5.41, 5.74) is 0.690. The summed E-state index contributed by atoms with van der Waals surface area (Å²) in [6.07, 6.45) is 2.01. The molecule has 1 amide bonds. The number of sulfonamides is 1. The van der Waals surface area contributed by atoms with Crippen molar-refractivity contribution in [1.29, 1.82) is 0 Å². The van der Waals surface area contributed by atoms with Crippen LogP contribution >= 0.6 is 0 Å². The number of carboxylic acids is 1. The molecule has 0 fully saturated rings. The largest absolute Gasteiger partial charge is 0.480 e. The van der Waals surface area contributed by atoms with Crippen LogP contribution in [0, 0.1) is 5.82 Å². The van der Waals surface area contributed by atoms with E-state index in [2.05, 4.69) is 9.97 Å². The normalized spacial score (nSPS) is 12.2. The van der Waals surface area contributed by atoms with Crippen LogP contribution in [0.25, 0.3) is 0 Å². The second-order valence-corrected chi connectivity index (χ2v) is 11.8. The first-order valence-corrected chi connectivity index (χ1v) is 15.1. The lowest BCUT2D eigenvalue weighted by molar-refractivity contribution is -0.139. The number of halogens is 1. The number of carboxylic acid groups (broad SMARTS) is 1. The summed E-state index contributed by atoms with van der Waals surface area (Å²) >= 11 is 0. The van der Waals surface area contributed by atoms with Gasteiger partial charge in [-0.05, 0) is 55.8 Å². The Kier molecular flexibility index (Phi) is 11.0. The molecule has 3 rings (SSSR count). The van der Waals surface area contributed by atoms with Crippen molar-refractivity contribution in [3.8, 4) is 5.75 Å². The van der Waals surface area contributed by atoms with Gasteiger partial charge in [-0.1, -0.05) is 26.0 Å². The number of benzene rings is 2. The van der Waals surface area contributed by atoms with Crippen molar-refractivity contribution in [3.05, 3.63) is 72.4 Å². The number of aromatic nitrogens is 2. The summed E-state index contributed by atoms with van der Waals surface area (Å²) in [4.78, 5) is 34.4. The molecule has 12 nitrogen and oxygen atoms in total. The number of hydrogen-bond donors (Lipinski definition) is 1. The Morgan fingerprint density at radius 2 is 1.60 bits per heavy atom. The molecule has 0 aliphatic heterocycles. The molecule has 1 heterocycles. The highest BCUT2D eigenvalue weighted by Crippen LogP contribution is 2.35. The van der Waals surface area contributed by atoms with Gasteiger partial charge < -0.3 is 14.7 Å². The van der Waals surface area contributed by atoms with Crippen molar-refractivity contribution < 1.29 is 32.2 Å². The fourth-order valence-electron chi connectivity index (χ4n) is 4.45. The maximum absolute atomic E-state index is 13.9. The van der Waals surface area contributed by atoms with Gasteiger partial charge in [0.25, 0.3) is 10.0 Å². The van der Waals surface area contributed by atoms with Crippen LogP contribution in [-0.4, -0.2) is 84.7 Å². The van der Waals surface area contributed by atoms with E-state index >= 15 is 0 Å². The van der Waals surface area contributed by atoms with E-state index in [1.54, 1.807) is 57.2 Å². The van der Waals surface area contributed by atoms with Crippen LogP contribution in [0.1, 0.15) is 33.3 Å². The van der Waals surface area contributed by atoms with Gasteiger partial charge in [0.2, 0.25) is 0 Å². The van der Waals surface area contributed by atoms with Crippen molar-refractivity contribution in [2.45, 2.75) is 51.1 Å². The zero-order chi connectivity index (χ0) is 31.9. The first-order chi connectivity index (χ1) is 20.3. The van der Waals surface area contributed by atoms with E-state index in [9.17, 15) is 27.5 Å². The van der Waals surface area contributed by atoms with E-state index in [0.29, 0.717) is 24.4 Å². The third kappa shape index (κ3) is 7.76. The average Bonchev–Trinajstić information content (AvgIpc) is 2.96. The van der Waals surface area contributed by atoms with E-state index in [4.69, 9.17) is 4.74 Å². The zero-order valence-corrected chi connectivity index (χ0v) is 25.8. The van der Waals surface area contributed by atoms with Crippen LogP contribution in [0.3, 0.4) is 0 Å². The van der Waals surface area contributed by atoms with Crippen LogP contribution < -0.4 is 14.1 Å². The molecule has 43 heavy (non-hydrogen) atoms. The second-order valence-electron chi connectivity index (χ2n) is 10.0. The number of hydrazine groups is 1. The summed E-state index contributed by atoms with van der Waals surface area (Å²) in [7, 11) is -1.13. The van der Waals surface area contributed by atoms with Crippen molar-refractivity contribution in [2.24, 2.45) is 0 Å². The lowest BCUT2D eigenvalue weighted by atomic mass is 10.0. The summed E-state index contributed by atoms with van der Waals surface area (Å²) in [6.45, 7) is 7.79. The molecule has 1 aromatic heterocycles. The first-order valence-electron chi connectivity index (χ1n) is 13.7. The average molecular weight is 617 g/mol. The molecule has 0 saturated heterocycles. The van der Waals surface area contributed by atoms with Crippen molar-refractivity contribution in [1.82, 2.24) is 19.9 Å². The minimum absolute atomic E-state index is 0.00355. The summed E-state index contributed by atoms with van der Waals surface area (Å²) < 4.78 is 47.8. The predicted molar refractivity (Wildman–Crippen MR) is 160 cm³/mol. The number of aliphatic carboxylic acids is 1. The van der Waals surface area contributed by atoms with E-state index in [0.717, 1.165) is 16.4 Å². The van der Waals surface area contributed by atoms with Gasteiger partial charge in [0.15, 0.2) is 5.82 Å². The SMILES string of the molecule is CCN(CC)N(c1ncncc1N(C(C)C)S(=O)(=O)c1ccc(F)cc1)C(Cc1ccc(OC(=O)N(C)C)cc1)C(=O)O. The molecule has 14 heteroatoms. The van der Waals surface area contributed by atoms with Crippen molar-refractivity contribution >= 4 is 33.6 Å². The molecular weight excluding hydrogens is 579 g/mol. The minimum atomic E-state index is -4.24. The molecule has 0 aliphatic rings. The van der Waals surface area contributed by atoms with Crippen LogP contribution in [0.5, 0.6) is 5.75 Å². The maximum atomic E-state index is 13.9. The lowest BCUT2D eigenvalue weighted by Gasteiger charge is -2.41. The van der Waals surface area contributed by atoms with Crippen LogP contribution in [0.2, 0.25) is 0 Å². The van der Waals surface area contributed by atoms with Crippen molar-refractivity contribution in [2.75, 3.05) is 36.5 Å². The van der Waals surface area contributed by atoms with E-state index in [-0.39, 0.29) is 22.8 Å². The Hall–Kier alpha value is -4.30. The minimum Gasteiger partial charge on any atom is -0.480 e. The third-order valence-corrected chi connectivity index (χ3v) is 8.51. The van der Waals surface area contributed by atoms with Gasteiger partial charge in [0.05, 0.1) is 11.1 Å². The van der Waals surface area contributed by atoms with Crippen LogP contribution in [-0.2, 0) is 21.2 Å².